The number of likely N-dealkylation sites (tertiary alicyclic amines) is 1. The number of amides is 1. The Morgan fingerprint density at radius 1 is 1.45 bits per heavy atom. The topological polar surface area (TPSA) is 55.6 Å². The number of carbonyl (C=O) groups is 1. The summed E-state index contributed by atoms with van der Waals surface area (Å²) >= 11 is 0. The molecule has 1 saturated heterocycles. The molecule has 2 aliphatic heterocycles. The van der Waals surface area contributed by atoms with E-state index in [9.17, 15) is 4.79 Å². The number of ether oxygens (including phenoxy) is 1. The maximum atomic E-state index is 12.7. The van der Waals surface area contributed by atoms with Crippen molar-refractivity contribution in [2.75, 3.05) is 19.7 Å². The van der Waals surface area contributed by atoms with E-state index in [1.807, 2.05) is 29.2 Å². The van der Waals surface area contributed by atoms with Crippen LogP contribution in [0.4, 0.5) is 0 Å². The summed E-state index contributed by atoms with van der Waals surface area (Å²) in [6.45, 7) is 4.07. The minimum absolute atomic E-state index is 0.0520. The third-order valence-corrected chi connectivity index (χ3v) is 4.51. The molecule has 108 valence electrons. The molecule has 0 aromatic heterocycles. The number of benzene rings is 1. The Labute approximate surface area is 119 Å². The summed E-state index contributed by atoms with van der Waals surface area (Å²) in [6, 6.07) is 8.28. The molecule has 4 heteroatoms. The lowest BCUT2D eigenvalue weighted by Gasteiger charge is -2.30. The predicted octanol–water partition coefficient (Wildman–Crippen LogP) is 1.43. The Balaban J connectivity index is 1.70. The molecule has 1 aromatic carbocycles. The highest BCUT2D eigenvalue weighted by Crippen LogP contribution is 2.30. The molecule has 3 rings (SSSR count). The molecule has 2 N–H and O–H groups in total. The summed E-state index contributed by atoms with van der Waals surface area (Å²) < 4.78 is 5.73. The smallest absolute Gasteiger partial charge is 0.229 e. The first-order chi connectivity index (χ1) is 9.69. The average molecular weight is 274 g/mol. The molecule has 4 nitrogen and oxygen atoms in total. The summed E-state index contributed by atoms with van der Waals surface area (Å²) in [7, 11) is 0. The summed E-state index contributed by atoms with van der Waals surface area (Å²) in [5.41, 5.74) is 6.88. The van der Waals surface area contributed by atoms with Crippen LogP contribution in [-0.4, -0.2) is 36.5 Å². The summed E-state index contributed by atoms with van der Waals surface area (Å²) in [4.78, 5) is 14.7. The van der Waals surface area contributed by atoms with Crippen molar-refractivity contribution in [1.82, 2.24) is 4.90 Å². The minimum atomic E-state index is -0.0520. The Morgan fingerprint density at radius 2 is 2.25 bits per heavy atom. The Morgan fingerprint density at radius 3 is 3.00 bits per heavy atom. The van der Waals surface area contributed by atoms with E-state index in [0.717, 1.165) is 30.7 Å². The van der Waals surface area contributed by atoms with E-state index >= 15 is 0 Å². The van der Waals surface area contributed by atoms with Crippen molar-refractivity contribution < 1.29 is 9.53 Å². The molecule has 3 unspecified atom stereocenters. The predicted molar refractivity (Wildman–Crippen MR) is 77.5 cm³/mol. The Hall–Kier alpha value is -1.55. The fourth-order valence-corrected chi connectivity index (χ4v) is 3.34. The molecule has 0 radical (unpaired) electrons. The lowest BCUT2D eigenvalue weighted by atomic mass is 9.95. The molecule has 1 fully saturated rings. The molecule has 1 aromatic rings. The molecular weight excluding hydrogens is 252 g/mol. The second-order valence-electron chi connectivity index (χ2n) is 6.00. The van der Waals surface area contributed by atoms with Crippen LogP contribution in [0.15, 0.2) is 24.3 Å². The number of hydrogen-bond acceptors (Lipinski definition) is 3. The summed E-state index contributed by atoms with van der Waals surface area (Å²) in [5, 5.41) is 0. The van der Waals surface area contributed by atoms with Gasteiger partial charge in [-0.05, 0) is 43.9 Å². The molecule has 0 spiro atoms. The van der Waals surface area contributed by atoms with E-state index in [1.54, 1.807) is 0 Å². The van der Waals surface area contributed by atoms with Gasteiger partial charge in [-0.2, -0.15) is 0 Å². The summed E-state index contributed by atoms with van der Waals surface area (Å²) in [6.07, 6.45) is 1.80. The van der Waals surface area contributed by atoms with Crippen molar-refractivity contribution in [1.29, 1.82) is 0 Å². The molecule has 0 bridgehead atoms. The van der Waals surface area contributed by atoms with Crippen LogP contribution in [0.2, 0.25) is 0 Å². The van der Waals surface area contributed by atoms with Crippen LogP contribution >= 0.6 is 0 Å². The third-order valence-electron chi connectivity index (χ3n) is 4.51. The van der Waals surface area contributed by atoms with Crippen LogP contribution in [0.1, 0.15) is 18.9 Å². The van der Waals surface area contributed by atoms with Gasteiger partial charge in [0.25, 0.3) is 0 Å². The molecule has 3 atom stereocenters. The van der Waals surface area contributed by atoms with Gasteiger partial charge in [0.1, 0.15) is 12.4 Å². The van der Waals surface area contributed by atoms with Crippen molar-refractivity contribution in [3.8, 4) is 5.75 Å². The van der Waals surface area contributed by atoms with Gasteiger partial charge in [0.15, 0.2) is 0 Å². The standard InChI is InChI=1S/C16H22N2O2/c1-11-6-12(8-17)9-18(11)16(19)14-7-13-4-2-3-5-15(13)20-10-14/h2-5,11-12,14H,6-10,17H2,1H3. The average Bonchev–Trinajstić information content (AvgIpc) is 2.87. The highest BCUT2D eigenvalue weighted by atomic mass is 16.5. The maximum absolute atomic E-state index is 12.7. The third kappa shape index (κ3) is 2.40. The second kappa shape index (κ2) is 5.44. The zero-order valence-electron chi connectivity index (χ0n) is 11.9. The number of nitrogens with two attached hydrogens (primary N) is 1. The van der Waals surface area contributed by atoms with Gasteiger partial charge in [-0.15, -0.1) is 0 Å². The van der Waals surface area contributed by atoms with Gasteiger partial charge in [0.05, 0.1) is 5.92 Å². The monoisotopic (exact) mass is 274 g/mol. The quantitative estimate of drug-likeness (QED) is 0.887. The van der Waals surface area contributed by atoms with E-state index in [2.05, 4.69) is 6.92 Å². The van der Waals surface area contributed by atoms with Crippen LogP contribution < -0.4 is 10.5 Å². The second-order valence-corrected chi connectivity index (χ2v) is 6.00. The zero-order valence-corrected chi connectivity index (χ0v) is 11.9. The summed E-state index contributed by atoms with van der Waals surface area (Å²) in [5.74, 6) is 1.54. The van der Waals surface area contributed by atoms with Crippen LogP contribution in [0.25, 0.3) is 0 Å². The first-order valence-electron chi connectivity index (χ1n) is 7.40. The van der Waals surface area contributed by atoms with Crippen LogP contribution in [0.3, 0.4) is 0 Å². The van der Waals surface area contributed by atoms with Gasteiger partial charge >= 0.3 is 0 Å². The number of para-hydroxylation sites is 1. The van der Waals surface area contributed by atoms with Crippen LogP contribution in [0.5, 0.6) is 5.75 Å². The minimum Gasteiger partial charge on any atom is -0.492 e. The Kier molecular flexibility index (Phi) is 3.66. The van der Waals surface area contributed by atoms with E-state index in [0.29, 0.717) is 25.1 Å². The number of rotatable bonds is 2. The van der Waals surface area contributed by atoms with E-state index in [1.165, 1.54) is 0 Å². The van der Waals surface area contributed by atoms with Gasteiger partial charge in [0, 0.05) is 12.6 Å². The van der Waals surface area contributed by atoms with Crippen molar-refractivity contribution in [3.05, 3.63) is 29.8 Å². The highest BCUT2D eigenvalue weighted by Gasteiger charge is 2.36. The van der Waals surface area contributed by atoms with Gasteiger partial charge in [-0.1, -0.05) is 18.2 Å². The first kappa shape index (κ1) is 13.4. The van der Waals surface area contributed by atoms with Crippen LogP contribution in [-0.2, 0) is 11.2 Å². The molecule has 2 heterocycles. The number of carbonyl (C=O) groups excluding carboxylic acids is 1. The maximum Gasteiger partial charge on any atom is 0.229 e. The first-order valence-corrected chi connectivity index (χ1v) is 7.40. The number of nitrogens with zero attached hydrogens (tertiary/aromatic N) is 1. The number of fused-ring (bicyclic) bond motifs is 1. The largest absolute Gasteiger partial charge is 0.492 e. The number of hydrogen-bond donors (Lipinski definition) is 1. The Bertz CT molecular complexity index is 503. The lowest BCUT2D eigenvalue weighted by Crippen LogP contribution is -2.42. The van der Waals surface area contributed by atoms with Crippen molar-refractivity contribution >= 4 is 5.91 Å². The van der Waals surface area contributed by atoms with E-state index < -0.39 is 0 Å². The van der Waals surface area contributed by atoms with Crippen molar-refractivity contribution in [2.24, 2.45) is 17.6 Å². The van der Waals surface area contributed by atoms with E-state index in [-0.39, 0.29) is 11.8 Å². The van der Waals surface area contributed by atoms with Gasteiger partial charge in [-0.25, -0.2) is 0 Å². The van der Waals surface area contributed by atoms with Gasteiger partial charge < -0.3 is 15.4 Å². The fourth-order valence-electron chi connectivity index (χ4n) is 3.34. The fraction of sp³-hybridized carbons (Fsp3) is 0.562. The van der Waals surface area contributed by atoms with E-state index in [4.69, 9.17) is 10.5 Å². The van der Waals surface area contributed by atoms with Crippen LogP contribution in [0, 0.1) is 11.8 Å². The molecule has 20 heavy (non-hydrogen) atoms. The van der Waals surface area contributed by atoms with Crippen molar-refractivity contribution in [2.45, 2.75) is 25.8 Å². The van der Waals surface area contributed by atoms with Crippen molar-refractivity contribution in [3.63, 3.8) is 0 Å². The lowest BCUT2D eigenvalue weighted by molar-refractivity contribution is -0.137. The highest BCUT2D eigenvalue weighted by molar-refractivity contribution is 5.80. The molecular formula is C16H22N2O2. The molecule has 1 amide bonds. The normalized spacial score (nSPS) is 28.9. The molecule has 0 aliphatic carbocycles. The van der Waals surface area contributed by atoms with Gasteiger partial charge in [-0.3, -0.25) is 4.79 Å². The SMILES string of the molecule is CC1CC(CN)CN1C(=O)C1COc2ccccc2C1. The zero-order chi connectivity index (χ0) is 14.1. The molecule has 0 saturated carbocycles. The van der Waals surface area contributed by atoms with Gasteiger partial charge in [0.2, 0.25) is 5.91 Å². The molecule has 2 aliphatic rings.